The average molecular weight is 820 g/mol. The minimum Gasteiger partial charge on any atom is -0.310 e. The van der Waals surface area contributed by atoms with E-state index in [1.165, 1.54) is 32.3 Å². The number of fused-ring (bicyclic) bond motifs is 3. The Balaban J connectivity index is 0.000000953. The van der Waals surface area contributed by atoms with Gasteiger partial charge in [0.1, 0.15) is 0 Å². The Morgan fingerprint density at radius 2 is 0.429 bits per heavy atom. The highest BCUT2D eigenvalue weighted by Gasteiger charge is 2.24. The van der Waals surface area contributed by atoms with Gasteiger partial charge in [-0.05, 0) is 89.0 Å². The zero-order valence-electron chi connectivity index (χ0n) is 37.4. The summed E-state index contributed by atoms with van der Waals surface area (Å²) in [6, 6.07) is 85.0. The van der Waals surface area contributed by atoms with Crippen molar-refractivity contribution in [2.75, 3.05) is 14.7 Å². The van der Waals surface area contributed by atoms with E-state index >= 15 is 0 Å². The first-order chi connectivity index (χ1) is 31.3. The normalized spacial score (nSPS) is 10.4. The van der Waals surface area contributed by atoms with Gasteiger partial charge in [-0.3, -0.25) is 0 Å². The van der Waals surface area contributed by atoms with E-state index in [-0.39, 0.29) is 0 Å². The van der Waals surface area contributed by atoms with Crippen LogP contribution in [0.5, 0.6) is 0 Å². The van der Waals surface area contributed by atoms with Crippen molar-refractivity contribution in [1.82, 2.24) is 0 Å². The summed E-state index contributed by atoms with van der Waals surface area (Å²) in [6.07, 6.45) is 0. The van der Waals surface area contributed by atoms with E-state index in [9.17, 15) is 0 Å². The fourth-order valence-electron chi connectivity index (χ4n) is 8.19. The van der Waals surface area contributed by atoms with Crippen LogP contribution in [-0.4, -0.2) is 0 Å². The summed E-state index contributed by atoms with van der Waals surface area (Å²) in [6.45, 7) is 12.0. The molecule has 0 spiro atoms. The fourth-order valence-corrected chi connectivity index (χ4v) is 8.19. The molecule has 3 nitrogen and oxygen atoms in total. The van der Waals surface area contributed by atoms with E-state index in [1.807, 2.05) is 41.5 Å². The number of rotatable bonds is 9. The summed E-state index contributed by atoms with van der Waals surface area (Å²) >= 11 is 0. The Bertz CT molecular complexity index is 2630. The molecule has 0 saturated heterocycles. The number of para-hydroxylation sites is 3. The molecule has 312 valence electrons. The van der Waals surface area contributed by atoms with Gasteiger partial charge in [-0.15, -0.1) is 0 Å². The third-order valence-electron chi connectivity index (χ3n) is 10.7. The molecule has 0 saturated carbocycles. The van der Waals surface area contributed by atoms with Crippen molar-refractivity contribution in [3.05, 3.63) is 237 Å². The molecule has 0 N–H and O–H groups in total. The lowest BCUT2D eigenvalue weighted by atomic mass is 10.0. The Kier molecular flexibility index (Phi) is 14.7. The molecule has 63 heavy (non-hydrogen) atoms. The van der Waals surface area contributed by atoms with Gasteiger partial charge in [-0.25, -0.2) is 0 Å². The van der Waals surface area contributed by atoms with Gasteiger partial charge in [0.2, 0.25) is 0 Å². The van der Waals surface area contributed by atoms with Crippen LogP contribution in [0.15, 0.2) is 237 Å². The highest BCUT2D eigenvalue weighted by Crippen LogP contribution is 2.48. The van der Waals surface area contributed by atoms with Crippen molar-refractivity contribution in [2.24, 2.45) is 0 Å². The maximum atomic E-state index is 2.41. The van der Waals surface area contributed by atoms with Crippen molar-refractivity contribution in [3.63, 3.8) is 0 Å². The van der Waals surface area contributed by atoms with Gasteiger partial charge >= 0.3 is 0 Å². The first-order valence-electron chi connectivity index (χ1n) is 22.4. The van der Waals surface area contributed by atoms with E-state index < -0.39 is 0 Å². The quantitative estimate of drug-likeness (QED) is 0.144. The van der Waals surface area contributed by atoms with Gasteiger partial charge in [-0.1, -0.05) is 205 Å². The van der Waals surface area contributed by atoms with Gasteiger partial charge in [-0.2, -0.15) is 0 Å². The Morgan fingerprint density at radius 1 is 0.206 bits per heavy atom. The van der Waals surface area contributed by atoms with Gasteiger partial charge in [0.05, 0.1) is 34.1 Å². The number of nitrogens with zero attached hydrogens (tertiary/aromatic N) is 3. The van der Waals surface area contributed by atoms with Crippen LogP contribution in [0.4, 0.5) is 51.2 Å². The molecule has 10 aromatic carbocycles. The molecule has 0 amide bonds. The highest BCUT2D eigenvalue weighted by molar-refractivity contribution is 6.04. The number of hydrogen-bond acceptors (Lipinski definition) is 3. The molecular formula is C60H57N3. The predicted octanol–water partition coefficient (Wildman–Crippen LogP) is 18.6. The van der Waals surface area contributed by atoms with Crippen molar-refractivity contribution in [1.29, 1.82) is 0 Å². The average Bonchev–Trinajstić information content (AvgIpc) is 3.37. The first-order valence-corrected chi connectivity index (χ1v) is 22.4. The topological polar surface area (TPSA) is 9.72 Å². The second-order valence-electron chi connectivity index (χ2n) is 14.2. The summed E-state index contributed by atoms with van der Waals surface area (Å²) < 4.78 is 0. The fraction of sp³-hybridized carbons (Fsp3) is 0.100. The molecule has 0 aromatic heterocycles. The minimum atomic E-state index is 1.03. The van der Waals surface area contributed by atoms with Gasteiger partial charge in [0.15, 0.2) is 0 Å². The molecule has 0 atom stereocenters. The number of benzene rings is 10. The van der Waals surface area contributed by atoms with E-state index in [1.54, 1.807) is 0 Å². The predicted molar refractivity (Wildman–Crippen MR) is 277 cm³/mol. The Hall–Kier alpha value is -7.62. The zero-order valence-corrected chi connectivity index (χ0v) is 37.4. The summed E-state index contributed by atoms with van der Waals surface area (Å²) in [4.78, 5) is 7.23. The van der Waals surface area contributed by atoms with Crippen LogP contribution in [-0.2, 0) is 0 Å². The van der Waals surface area contributed by atoms with E-state index in [0.29, 0.717) is 0 Å². The van der Waals surface area contributed by atoms with Crippen LogP contribution in [0, 0.1) is 0 Å². The summed E-state index contributed by atoms with van der Waals surface area (Å²) in [5, 5.41) is 7.11. The molecule has 10 rings (SSSR count). The molecule has 0 aliphatic heterocycles. The second-order valence-corrected chi connectivity index (χ2v) is 14.2. The molecule has 3 heteroatoms. The van der Waals surface area contributed by atoms with Gasteiger partial charge in [0, 0.05) is 33.2 Å². The summed E-state index contributed by atoms with van der Waals surface area (Å²) in [7, 11) is 0. The monoisotopic (exact) mass is 819 g/mol. The lowest BCUT2D eigenvalue weighted by Crippen LogP contribution is -2.16. The highest BCUT2D eigenvalue weighted by atomic mass is 15.2. The lowest BCUT2D eigenvalue weighted by Gasteiger charge is -2.34. The SMILES string of the molecule is CC.CC.CC.c1ccc(N(c2cc(N(c3ccccc3)c3cccc4ccccc34)cc(N(c3ccccc3)c3cccc4ccccc34)c2)c2cccc3ccccc23)cc1. The van der Waals surface area contributed by atoms with Crippen molar-refractivity contribution < 1.29 is 0 Å². The molecule has 0 aliphatic carbocycles. The van der Waals surface area contributed by atoms with Crippen molar-refractivity contribution in [3.8, 4) is 0 Å². The Morgan fingerprint density at radius 3 is 0.698 bits per heavy atom. The third kappa shape index (κ3) is 9.20. The van der Waals surface area contributed by atoms with Crippen molar-refractivity contribution in [2.45, 2.75) is 41.5 Å². The molecular weight excluding hydrogens is 763 g/mol. The second kappa shape index (κ2) is 21.3. The van der Waals surface area contributed by atoms with Crippen LogP contribution in [0.2, 0.25) is 0 Å². The van der Waals surface area contributed by atoms with Crippen LogP contribution in [0.1, 0.15) is 41.5 Å². The maximum absolute atomic E-state index is 2.41. The molecule has 0 aliphatic rings. The number of hydrogen-bond donors (Lipinski definition) is 0. The molecule has 0 heterocycles. The van der Waals surface area contributed by atoms with E-state index in [4.69, 9.17) is 0 Å². The third-order valence-corrected chi connectivity index (χ3v) is 10.7. The zero-order chi connectivity index (χ0) is 44.0. The molecule has 0 unspecified atom stereocenters. The minimum absolute atomic E-state index is 1.03. The van der Waals surface area contributed by atoms with Crippen LogP contribution in [0.3, 0.4) is 0 Å². The lowest BCUT2D eigenvalue weighted by molar-refractivity contribution is 1.23. The molecule has 10 aromatic rings. The molecule has 0 radical (unpaired) electrons. The summed E-state index contributed by atoms with van der Waals surface area (Å²) in [5.41, 5.74) is 9.65. The molecule has 0 bridgehead atoms. The molecule has 0 fully saturated rings. The maximum Gasteiger partial charge on any atom is 0.0540 e. The number of anilines is 9. The largest absolute Gasteiger partial charge is 0.310 e. The first kappa shape index (κ1) is 43.5. The standard InChI is InChI=1S/C54H39N3.3C2H6/c1-4-25-43(26-5-1)55(52-34-16-22-40-19-10-13-31-49(40)52)46-37-47(56(44-27-6-2-7-28-44)53-35-17-23-41-20-11-14-32-50(41)53)39-48(38-46)57(45-29-8-3-9-30-45)54-36-18-24-42-21-12-15-33-51(42)54;3*1-2/h1-39H;3*1-2H3. The van der Waals surface area contributed by atoms with Crippen LogP contribution >= 0.6 is 0 Å². The van der Waals surface area contributed by atoms with Crippen molar-refractivity contribution >= 4 is 83.5 Å². The van der Waals surface area contributed by atoms with Gasteiger partial charge in [0.25, 0.3) is 0 Å². The van der Waals surface area contributed by atoms with Gasteiger partial charge < -0.3 is 14.7 Å². The van der Waals surface area contributed by atoms with E-state index in [0.717, 1.165) is 51.2 Å². The van der Waals surface area contributed by atoms with Crippen LogP contribution < -0.4 is 14.7 Å². The Labute approximate surface area is 374 Å². The van der Waals surface area contributed by atoms with E-state index in [2.05, 4.69) is 251 Å². The smallest absolute Gasteiger partial charge is 0.0540 e. The van der Waals surface area contributed by atoms with Crippen LogP contribution in [0.25, 0.3) is 32.3 Å². The summed E-state index contributed by atoms with van der Waals surface area (Å²) in [5.74, 6) is 0.